The Bertz CT molecular complexity index is 502. The van der Waals surface area contributed by atoms with Crippen molar-refractivity contribution in [3.05, 3.63) is 35.9 Å². The van der Waals surface area contributed by atoms with Crippen LogP contribution in [0.2, 0.25) is 0 Å². The first-order valence-electron chi connectivity index (χ1n) is 6.25. The summed E-state index contributed by atoms with van der Waals surface area (Å²) in [5.41, 5.74) is -0.383. The largest absolute Gasteiger partial charge is 0.467 e. The van der Waals surface area contributed by atoms with Gasteiger partial charge < -0.3 is 10.1 Å². The maximum Gasteiger partial charge on any atom is 0.336 e. The van der Waals surface area contributed by atoms with E-state index in [0.717, 1.165) is 0 Å². The Morgan fingerprint density at radius 3 is 2.10 bits per heavy atom. The number of methoxy groups -OCH3 is 1. The second-order valence-electron chi connectivity index (χ2n) is 5.41. The molecule has 5 nitrogen and oxygen atoms in total. The van der Waals surface area contributed by atoms with E-state index in [0.29, 0.717) is 5.56 Å². The summed E-state index contributed by atoms with van der Waals surface area (Å²) in [6, 6.07) is 7.08. The lowest BCUT2D eigenvalue weighted by molar-refractivity contribution is -0.148. The van der Waals surface area contributed by atoms with Gasteiger partial charge in [-0.05, 0) is 12.1 Å². The summed E-state index contributed by atoms with van der Waals surface area (Å²) in [6.45, 7) is 5.04. The Kier molecular flexibility index (Phi) is 5.02. The third-order valence-corrected chi connectivity index (χ3v) is 2.75. The van der Waals surface area contributed by atoms with Crippen LogP contribution in [0.1, 0.15) is 31.1 Å². The number of carbonyl (C=O) groups excluding carboxylic acids is 3. The predicted molar refractivity (Wildman–Crippen MR) is 74.2 cm³/mol. The lowest BCUT2D eigenvalue weighted by atomic mass is 9.86. The number of amides is 1. The van der Waals surface area contributed by atoms with Crippen LogP contribution in [-0.4, -0.2) is 30.8 Å². The molecule has 0 bridgehead atoms. The SMILES string of the molecule is COC(=O)C(NC(=O)c1ccccc1)C(=O)C(C)(C)C. The molecular formula is C15H19NO4. The van der Waals surface area contributed by atoms with Gasteiger partial charge in [0, 0.05) is 11.0 Å². The number of ether oxygens (including phenoxy) is 1. The number of rotatable bonds is 4. The molecule has 1 amide bonds. The highest BCUT2D eigenvalue weighted by atomic mass is 16.5. The minimum Gasteiger partial charge on any atom is -0.467 e. The molecule has 108 valence electrons. The summed E-state index contributed by atoms with van der Waals surface area (Å²) < 4.78 is 4.59. The molecule has 0 aliphatic rings. The van der Waals surface area contributed by atoms with Gasteiger partial charge in [-0.3, -0.25) is 9.59 Å². The molecule has 1 atom stereocenters. The second kappa shape index (κ2) is 6.32. The lowest BCUT2D eigenvalue weighted by Gasteiger charge is -2.23. The standard InChI is InChI=1S/C15H19NO4/c1-15(2,3)12(17)11(14(19)20-4)16-13(18)10-8-6-5-7-9-10/h5-9,11H,1-4H3,(H,16,18). The molecule has 20 heavy (non-hydrogen) atoms. The van der Waals surface area contributed by atoms with E-state index < -0.39 is 29.1 Å². The van der Waals surface area contributed by atoms with E-state index in [2.05, 4.69) is 10.1 Å². The van der Waals surface area contributed by atoms with Gasteiger partial charge in [0.05, 0.1) is 7.11 Å². The fourth-order valence-electron chi connectivity index (χ4n) is 1.59. The minimum atomic E-state index is -1.30. The van der Waals surface area contributed by atoms with Gasteiger partial charge in [0.25, 0.3) is 5.91 Å². The van der Waals surface area contributed by atoms with Crippen LogP contribution in [0.5, 0.6) is 0 Å². The molecule has 0 fully saturated rings. The van der Waals surface area contributed by atoms with Crippen molar-refractivity contribution in [3.8, 4) is 0 Å². The van der Waals surface area contributed by atoms with Gasteiger partial charge in [0.1, 0.15) is 0 Å². The highest BCUT2D eigenvalue weighted by Crippen LogP contribution is 2.17. The Morgan fingerprint density at radius 2 is 1.65 bits per heavy atom. The van der Waals surface area contributed by atoms with Crippen molar-refractivity contribution in [3.63, 3.8) is 0 Å². The summed E-state index contributed by atoms with van der Waals surface area (Å²) >= 11 is 0. The van der Waals surface area contributed by atoms with E-state index >= 15 is 0 Å². The van der Waals surface area contributed by atoms with Gasteiger partial charge in [-0.15, -0.1) is 0 Å². The number of carbonyl (C=O) groups is 3. The zero-order valence-electron chi connectivity index (χ0n) is 12.1. The number of Topliss-reactive ketones (excluding diaryl/α,β-unsaturated/α-hetero) is 1. The fourth-order valence-corrected chi connectivity index (χ4v) is 1.59. The predicted octanol–water partition coefficient (Wildman–Crippen LogP) is 1.57. The van der Waals surface area contributed by atoms with Crippen LogP contribution in [-0.2, 0) is 14.3 Å². The van der Waals surface area contributed by atoms with Crippen molar-refractivity contribution in [2.45, 2.75) is 26.8 Å². The monoisotopic (exact) mass is 277 g/mol. The summed E-state index contributed by atoms with van der Waals surface area (Å²) in [4.78, 5) is 36.0. The molecule has 0 saturated heterocycles. The molecule has 0 aliphatic carbocycles. The van der Waals surface area contributed by atoms with Crippen LogP contribution in [0.25, 0.3) is 0 Å². The third kappa shape index (κ3) is 3.91. The van der Waals surface area contributed by atoms with Gasteiger partial charge in [-0.1, -0.05) is 39.0 Å². The van der Waals surface area contributed by atoms with E-state index in [4.69, 9.17) is 0 Å². The van der Waals surface area contributed by atoms with E-state index in [9.17, 15) is 14.4 Å². The molecule has 1 aromatic rings. The first kappa shape index (κ1) is 15.9. The minimum absolute atomic E-state index is 0.378. The maximum atomic E-state index is 12.2. The Morgan fingerprint density at radius 1 is 1.10 bits per heavy atom. The van der Waals surface area contributed by atoms with Crippen LogP contribution in [0, 0.1) is 5.41 Å². The number of ketones is 1. The Labute approximate surface area is 118 Å². The Hall–Kier alpha value is -2.17. The quantitative estimate of drug-likeness (QED) is 0.670. The topological polar surface area (TPSA) is 72.5 Å². The number of hydrogen-bond donors (Lipinski definition) is 1. The number of esters is 1. The van der Waals surface area contributed by atoms with Gasteiger partial charge >= 0.3 is 5.97 Å². The van der Waals surface area contributed by atoms with E-state index in [1.807, 2.05) is 0 Å². The van der Waals surface area contributed by atoms with Crippen molar-refractivity contribution < 1.29 is 19.1 Å². The van der Waals surface area contributed by atoms with Crippen molar-refractivity contribution in [1.82, 2.24) is 5.32 Å². The molecular weight excluding hydrogens is 258 g/mol. The van der Waals surface area contributed by atoms with Crippen molar-refractivity contribution in [2.24, 2.45) is 5.41 Å². The average Bonchev–Trinajstić information content (AvgIpc) is 2.42. The van der Waals surface area contributed by atoms with Crippen molar-refractivity contribution in [1.29, 1.82) is 0 Å². The molecule has 0 aliphatic heterocycles. The van der Waals surface area contributed by atoms with Crippen molar-refractivity contribution in [2.75, 3.05) is 7.11 Å². The average molecular weight is 277 g/mol. The summed E-state index contributed by atoms with van der Waals surface area (Å²) in [6.07, 6.45) is 0. The van der Waals surface area contributed by atoms with Gasteiger partial charge in [-0.2, -0.15) is 0 Å². The zero-order chi connectivity index (χ0) is 15.3. The van der Waals surface area contributed by atoms with Crippen LogP contribution in [0.3, 0.4) is 0 Å². The van der Waals surface area contributed by atoms with E-state index in [1.165, 1.54) is 7.11 Å². The van der Waals surface area contributed by atoms with Gasteiger partial charge in [-0.25, -0.2) is 4.79 Å². The summed E-state index contributed by atoms with van der Waals surface area (Å²) in [7, 11) is 1.18. The number of hydrogen-bond acceptors (Lipinski definition) is 4. The molecule has 0 aromatic heterocycles. The third-order valence-electron chi connectivity index (χ3n) is 2.75. The first-order valence-corrected chi connectivity index (χ1v) is 6.25. The van der Waals surface area contributed by atoms with Crippen LogP contribution < -0.4 is 5.32 Å². The molecule has 1 unspecified atom stereocenters. The van der Waals surface area contributed by atoms with Crippen molar-refractivity contribution >= 4 is 17.7 Å². The smallest absolute Gasteiger partial charge is 0.336 e. The lowest BCUT2D eigenvalue weighted by Crippen LogP contribution is -2.51. The Balaban J connectivity index is 2.94. The molecule has 1 aromatic carbocycles. The van der Waals surface area contributed by atoms with Crippen LogP contribution >= 0.6 is 0 Å². The molecule has 0 spiro atoms. The fraction of sp³-hybridized carbons (Fsp3) is 0.400. The molecule has 1 N–H and O–H groups in total. The normalized spacial score (nSPS) is 12.4. The second-order valence-corrected chi connectivity index (χ2v) is 5.41. The highest BCUT2D eigenvalue weighted by Gasteiger charge is 2.36. The molecule has 1 rings (SSSR count). The maximum absolute atomic E-state index is 12.2. The molecule has 0 radical (unpaired) electrons. The zero-order valence-corrected chi connectivity index (χ0v) is 12.1. The first-order chi connectivity index (χ1) is 9.27. The summed E-state index contributed by atoms with van der Waals surface area (Å²) in [5.74, 6) is -1.65. The van der Waals surface area contributed by atoms with Gasteiger partial charge in [0.2, 0.25) is 0 Å². The van der Waals surface area contributed by atoms with Crippen LogP contribution in [0.15, 0.2) is 30.3 Å². The van der Waals surface area contributed by atoms with Gasteiger partial charge in [0.15, 0.2) is 11.8 Å². The number of nitrogens with one attached hydrogen (secondary N) is 1. The van der Waals surface area contributed by atoms with E-state index in [-0.39, 0.29) is 0 Å². The molecule has 5 heteroatoms. The number of benzene rings is 1. The molecule has 0 heterocycles. The highest BCUT2D eigenvalue weighted by molar-refractivity contribution is 6.09. The van der Waals surface area contributed by atoms with Crippen LogP contribution in [0.4, 0.5) is 0 Å². The molecule has 0 saturated carbocycles. The van der Waals surface area contributed by atoms with E-state index in [1.54, 1.807) is 51.1 Å². The summed E-state index contributed by atoms with van der Waals surface area (Å²) in [5, 5.41) is 2.43.